The monoisotopic (exact) mass is 286 g/mol. The minimum atomic E-state index is -0.446. The van der Waals surface area contributed by atoms with Crippen molar-refractivity contribution in [1.82, 2.24) is 0 Å². The lowest BCUT2D eigenvalue weighted by molar-refractivity contribution is -0.386. The topological polar surface area (TPSA) is 78.4 Å². The Labute approximate surface area is 123 Å². The van der Waals surface area contributed by atoms with E-state index in [9.17, 15) is 10.1 Å². The second-order valence-electron chi connectivity index (χ2n) is 4.98. The summed E-state index contributed by atoms with van der Waals surface area (Å²) in [5.74, 6) is 0.254. The fourth-order valence-corrected chi connectivity index (χ4v) is 2.06. The Bertz CT molecular complexity index is 669. The van der Waals surface area contributed by atoms with Gasteiger partial charge in [-0.2, -0.15) is 0 Å². The van der Waals surface area contributed by atoms with Gasteiger partial charge in [0.1, 0.15) is 6.61 Å². The minimum absolute atomic E-state index is 0.0440. The number of benzene rings is 2. The molecule has 2 rings (SSSR count). The molecule has 2 N–H and O–H groups in total. The summed E-state index contributed by atoms with van der Waals surface area (Å²) in [6.07, 6.45) is 0. The molecule has 0 saturated heterocycles. The molecule has 0 unspecified atom stereocenters. The second-order valence-corrected chi connectivity index (χ2v) is 4.98. The average Bonchev–Trinajstić information content (AvgIpc) is 2.47. The molecule has 2 aromatic carbocycles. The van der Waals surface area contributed by atoms with Gasteiger partial charge in [0.05, 0.1) is 4.92 Å². The lowest BCUT2D eigenvalue weighted by Crippen LogP contribution is -2.03. The molecule has 0 atom stereocenters. The lowest BCUT2D eigenvalue weighted by Gasteiger charge is -2.11. The van der Waals surface area contributed by atoms with Gasteiger partial charge < -0.3 is 10.5 Å². The van der Waals surface area contributed by atoms with E-state index in [-0.39, 0.29) is 11.4 Å². The molecule has 0 aliphatic carbocycles. The van der Waals surface area contributed by atoms with Crippen LogP contribution in [0, 0.1) is 24.0 Å². The van der Waals surface area contributed by atoms with E-state index in [0.29, 0.717) is 13.2 Å². The number of hydrogen-bond acceptors (Lipinski definition) is 4. The highest BCUT2D eigenvalue weighted by Gasteiger charge is 2.15. The normalized spacial score (nSPS) is 10.4. The highest BCUT2D eigenvalue weighted by molar-refractivity contribution is 5.48. The zero-order chi connectivity index (χ0) is 15.4. The van der Waals surface area contributed by atoms with E-state index in [1.165, 1.54) is 6.07 Å². The van der Waals surface area contributed by atoms with E-state index in [1.807, 2.05) is 32.0 Å². The quantitative estimate of drug-likeness (QED) is 0.676. The lowest BCUT2D eigenvalue weighted by atomic mass is 10.1. The van der Waals surface area contributed by atoms with E-state index < -0.39 is 4.92 Å². The van der Waals surface area contributed by atoms with Crippen LogP contribution in [0.2, 0.25) is 0 Å². The third-order valence-corrected chi connectivity index (χ3v) is 3.34. The number of rotatable bonds is 5. The van der Waals surface area contributed by atoms with Crippen molar-refractivity contribution >= 4 is 5.69 Å². The van der Waals surface area contributed by atoms with E-state index in [0.717, 1.165) is 22.3 Å². The van der Waals surface area contributed by atoms with E-state index >= 15 is 0 Å². The average molecular weight is 286 g/mol. The maximum atomic E-state index is 11.0. The molecule has 0 bridgehead atoms. The molecule has 5 heteroatoms. The molecule has 0 aromatic heterocycles. The number of nitrogens with two attached hydrogens (primary N) is 1. The fraction of sp³-hybridized carbons (Fsp3) is 0.250. The summed E-state index contributed by atoms with van der Waals surface area (Å²) in [6.45, 7) is 4.60. The summed E-state index contributed by atoms with van der Waals surface area (Å²) in [5.41, 5.74) is 9.57. The molecule has 0 spiro atoms. The van der Waals surface area contributed by atoms with Crippen LogP contribution >= 0.6 is 0 Å². The van der Waals surface area contributed by atoms with Gasteiger partial charge in [-0.1, -0.05) is 29.8 Å². The van der Waals surface area contributed by atoms with Crippen molar-refractivity contribution in [3.63, 3.8) is 0 Å². The van der Waals surface area contributed by atoms with Gasteiger partial charge in [0.25, 0.3) is 0 Å². The number of ether oxygens (including phenoxy) is 1. The van der Waals surface area contributed by atoms with Crippen molar-refractivity contribution in [2.24, 2.45) is 5.73 Å². The summed E-state index contributed by atoms with van der Waals surface area (Å²) >= 11 is 0. The van der Waals surface area contributed by atoms with Crippen LogP contribution < -0.4 is 10.5 Å². The molecule has 21 heavy (non-hydrogen) atoms. The van der Waals surface area contributed by atoms with Crippen LogP contribution in [-0.4, -0.2) is 4.92 Å². The zero-order valence-corrected chi connectivity index (χ0v) is 12.1. The summed E-state index contributed by atoms with van der Waals surface area (Å²) in [5, 5.41) is 11.0. The molecule has 0 heterocycles. The second kappa shape index (κ2) is 6.37. The molecule has 2 aromatic rings. The minimum Gasteiger partial charge on any atom is -0.482 e. The number of aryl methyl sites for hydroxylation is 2. The summed E-state index contributed by atoms with van der Waals surface area (Å²) in [7, 11) is 0. The van der Waals surface area contributed by atoms with Gasteiger partial charge in [0.2, 0.25) is 0 Å². The van der Waals surface area contributed by atoms with Gasteiger partial charge in [-0.15, -0.1) is 0 Å². The van der Waals surface area contributed by atoms with Gasteiger partial charge in [-0.3, -0.25) is 10.1 Å². The van der Waals surface area contributed by atoms with Crippen LogP contribution in [-0.2, 0) is 13.2 Å². The molecule has 5 nitrogen and oxygen atoms in total. The van der Waals surface area contributed by atoms with Crippen molar-refractivity contribution in [2.45, 2.75) is 27.0 Å². The smallest absolute Gasteiger partial charge is 0.310 e. The van der Waals surface area contributed by atoms with Crippen LogP contribution in [0.3, 0.4) is 0 Å². The Morgan fingerprint density at radius 3 is 2.62 bits per heavy atom. The van der Waals surface area contributed by atoms with Gasteiger partial charge in [-0.25, -0.2) is 0 Å². The van der Waals surface area contributed by atoms with Crippen molar-refractivity contribution in [1.29, 1.82) is 0 Å². The number of nitro benzene ring substituents is 1. The molecule has 0 amide bonds. The number of hydrogen-bond donors (Lipinski definition) is 1. The molecule has 0 radical (unpaired) electrons. The van der Waals surface area contributed by atoms with Crippen molar-refractivity contribution in [3.05, 3.63) is 68.8 Å². The highest BCUT2D eigenvalue weighted by atomic mass is 16.6. The van der Waals surface area contributed by atoms with Crippen molar-refractivity contribution in [2.75, 3.05) is 0 Å². The largest absolute Gasteiger partial charge is 0.482 e. The summed E-state index contributed by atoms with van der Waals surface area (Å²) in [4.78, 5) is 10.6. The standard InChI is InChI=1S/C16H18N2O3/c1-11-3-4-12(2)14(7-11)10-21-16-8-13(9-17)5-6-15(16)18(19)20/h3-8H,9-10,17H2,1-2H3. The van der Waals surface area contributed by atoms with Crippen LogP contribution in [0.4, 0.5) is 5.69 Å². The molecule has 0 fully saturated rings. The molecule has 0 aliphatic rings. The van der Waals surface area contributed by atoms with Crippen LogP contribution in [0.15, 0.2) is 36.4 Å². The first-order valence-electron chi connectivity index (χ1n) is 6.67. The fourth-order valence-electron chi connectivity index (χ4n) is 2.06. The summed E-state index contributed by atoms with van der Waals surface area (Å²) in [6, 6.07) is 10.8. The Morgan fingerprint density at radius 2 is 1.95 bits per heavy atom. The van der Waals surface area contributed by atoms with Crippen LogP contribution in [0.1, 0.15) is 22.3 Å². The van der Waals surface area contributed by atoms with Crippen molar-refractivity contribution in [3.8, 4) is 5.75 Å². The van der Waals surface area contributed by atoms with Gasteiger partial charge in [0, 0.05) is 12.6 Å². The maximum absolute atomic E-state index is 11.0. The van der Waals surface area contributed by atoms with E-state index in [1.54, 1.807) is 12.1 Å². The third-order valence-electron chi connectivity index (χ3n) is 3.34. The Balaban J connectivity index is 2.26. The number of nitro groups is 1. The van der Waals surface area contributed by atoms with Crippen LogP contribution in [0.5, 0.6) is 5.75 Å². The van der Waals surface area contributed by atoms with Gasteiger partial charge in [0.15, 0.2) is 5.75 Å². The number of nitrogens with zero attached hydrogens (tertiary/aromatic N) is 1. The molecule has 0 aliphatic heterocycles. The van der Waals surface area contributed by atoms with Gasteiger partial charge in [-0.05, 0) is 36.6 Å². The predicted octanol–water partition coefficient (Wildman–Crippen LogP) is 3.25. The summed E-state index contributed by atoms with van der Waals surface area (Å²) < 4.78 is 5.67. The Kier molecular flexibility index (Phi) is 4.55. The Morgan fingerprint density at radius 1 is 1.19 bits per heavy atom. The van der Waals surface area contributed by atoms with Crippen LogP contribution in [0.25, 0.3) is 0 Å². The third kappa shape index (κ3) is 3.58. The van der Waals surface area contributed by atoms with E-state index in [4.69, 9.17) is 10.5 Å². The zero-order valence-electron chi connectivity index (χ0n) is 12.1. The molecule has 0 saturated carbocycles. The molecule has 110 valence electrons. The predicted molar refractivity (Wildman–Crippen MR) is 81.2 cm³/mol. The molecular formula is C16H18N2O3. The first-order chi connectivity index (χ1) is 10.0. The first kappa shape index (κ1) is 15.0. The maximum Gasteiger partial charge on any atom is 0.310 e. The first-order valence-corrected chi connectivity index (χ1v) is 6.67. The Hall–Kier alpha value is -2.40. The SMILES string of the molecule is Cc1ccc(C)c(COc2cc(CN)ccc2[N+](=O)[O-])c1. The highest BCUT2D eigenvalue weighted by Crippen LogP contribution is 2.29. The molecular weight excluding hydrogens is 268 g/mol. The van der Waals surface area contributed by atoms with Gasteiger partial charge >= 0.3 is 5.69 Å². The van der Waals surface area contributed by atoms with Crippen molar-refractivity contribution < 1.29 is 9.66 Å². The van der Waals surface area contributed by atoms with E-state index in [2.05, 4.69) is 0 Å².